The first kappa shape index (κ1) is 23.5. The van der Waals surface area contributed by atoms with E-state index in [1.807, 2.05) is 21.1 Å². The van der Waals surface area contributed by atoms with Crippen LogP contribution in [0.2, 0.25) is 0 Å². The molecule has 0 radical (unpaired) electrons. The predicted molar refractivity (Wildman–Crippen MR) is 109 cm³/mol. The SMILES string of the molecule is CCN(CCn1cnc2c1c(=O)n(C)c(=O)n2C)P(=O)([O-])OCCC[N+](C)(C)C. The first-order valence-electron chi connectivity index (χ1n) is 9.51. The average Bonchev–Trinajstić information content (AvgIpc) is 3.05. The van der Waals surface area contributed by atoms with Gasteiger partial charge in [0.05, 0.1) is 40.6 Å². The topological polar surface area (TPSA) is 114 Å². The number of rotatable bonds is 10. The Labute approximate surface area is 169 Å². The van der Waals surface area contributed by atoms with E-state index < -0.39 is 19.0 Å². The Morgan fingerprint density at radius 3 is 2.48 bits per heavy atom. The van der Waals surface area contributed by atoms with E-state index in [2.05, 4.69) is 4.98 Å². The normalized spacial score (nSPS) is 14.6. The molecule has 1 unspecified atom stereocenters. The number of imidazole rings is 1. The van der Waals surface area contributed by atoms with E-state index in [1.165, 1.54) is 29.7 Å². The minimum Gasteiger partial charge on any atom is -0.766 e. The third kappa shape index (κ3) is 5.43. The Bertz CT molecular complexity index is 1020. The Balaban J connectivity index is 2.12. The number of likely N-dealkylation sites (N-methyl/N-ethyl adjacent to an activating group) is 1. The van der Waals surface area contributed by atoms with E-state index in [0.717, 1.165) is 15.6 Å². The molecule has 2 heterocycles. The van der Waals surface area contributed by atoms with Gasteiger partial charge in [-0.3, -0.25) is 18.5 Å². The Morgan fingerprint density at radius 2 is 1.90 bits per heavy atom. The highest BCUT2D eigenvalue weighted by molar-refractivity contribution is 7.48. The fourth-order valence-corrected chi connectivity index (χ4v) is 4.25. The van der Waals surface area contributed by atoms with Gasteiger partial charge in [0, 0.05) is 40.2 Å². The molecule has 0 saturated carbocycles. The molecule has 0 N–H and O–H groups in total. The van der Waals surface area contributed by atoms with Crippen molar-refractivity contribution >= 4 is 18.9 Å². The van der Waals surface area contributed by atoms with Gasteiger partial charge in [0.25, 0.3) is 5.56 Å². The molecule has 2 aromatic rings. The van der Waals surface area contributed by atoms with Crippen molar-refractivity contribution < 1.29 is 18.5 Å². The lowest BCUT2D eigenvalue weighted by atomic mass is 10.4. The lowest BCUT2D eigenvalue weighted by molar-refractivity contribution is -0.870. The van der Waals surface area contributed by atoms with Crippen molar-refractivity contribution in [2.75, 3.05) is 47.4 Å². The summed E-state index contributed by atoms with van der Waals surface area (Å²) in [6, 6.07) is 0. The molecule has 0 spiro atoms. The zero-order chi connectivity index (χ0) is 22.0. The molecule has 0 aromatic carbocycles. The van der Waals surface area contributed by atoms with Crippen molar-refractivity contribution in [3.63, 3.8) is 0 Å². The molecule has 0 amide bonds. The van der Waals surface area contributed by atoms with Crippen LogP contribution >= 0.6 is 7.75 Å². The van der Waals surface area contributed by atoms with Gasteiger partial charge < -0.3 is 18.5 Å². The van der Waals surface area contributed by atoms with Crippen LogP contribution in [0.25, 0.3) is 11.2 Å². The summed E-state index contributed by atoms with van der Waals surface area (Å²) < 4.78 is 23.6. The van der Waals surface area contributed by atoms with Crippen molar-refractivity contribution in [3.05, 3.63) is 27.2 Å². The highest BCUT2D eigenvalue weighted by atomic mass is 31.2. The lowest BCUT2D eigenvalue weighted by Gasteiger charge is -2.35. The zero-order valence-electron chi connectivity index (χ0n) is 18.0. The van der Waals surface area contributed by atoms with Crippen LogP contribution in [-0.2, 0) is 29.7 Å². The molecule has 2 rings (SSSR count). The summed E-state index contributed by atoms with van der Waals surface area (Å²) in [5.74, 6) is 0. The van der Waals surface area contributed by atoms with Crippen LogP contribution in [-0.4, -0.2) is 75.2 Å². The van der Waals surface area contributed by atoms with Crippen LogP contribution in [0.3, 0.4) is 0 Å². The maximum absolute atomic E-state index is 12.5. The maximum atomic E-state index is 12.5. The highest BCUT2D eigenvalue weighted by Gasteiger charge is 2.20. The van der Waals surface area contributed by atoms with Gasteiger partial charge in [-0.25, -0.2) is 14.4 Å². The molecule has 11 nitrogen and oxygen atoms in total. The van der Waals surface area contributed by atoms with Crippen molar-refractivity contribution in [3.8, 4) is 0 Å². The van der Waals surface area contributed by atoms with Crippen molar-refractivity contribution in [1.82, 2.24) is 23.4 Å². The monoisotopic (exact) mass is 430 g/mol. The predicted octanol–water partition coefficient (Wildman–Crippen LogP) is -0.663. The van der Waals surface area contributed by atoms with E-state index >= 15 is 0 Å². The molecule has 0 aliphatic heterocycles. The van der Waals surface area contributed by atoms with E-state index in [0.29, 0.717) is 6.42 Å². The first-order chi connectivity index (χ1) is 13.4. The van der Waals surface area contributed by atoms with Gasteiger partial charge in [-0.1, -0.05) is 6.92 Å². The molecule has 164 valence electrons. The fourth-order valence-electron chi connectivity index (χ4n) is 3.04. The van der Waals surface area contributed by atoms with Gasteiger partial charge in [0.2, 0.25) is 7.75 Å². The minimum atomic E-state index is -4.20. The van der Waals surface area contributed by atoms with Crippen LogP contribution in [0.1, 0.15) is 13.3 Å². The number of hydrogen-bond donors (Lipinski definition) is 0. The number of fused-ring (bicyclic) bond motifs is 1. The third-order valence-corrected chi connectivity index (χ3v) is 6.44. The molecule has 0 aliphatic carbocycles. The molecule has 12 heteroatoms. The Hall–Kier alpha value is -1.78. The summed E-state index contributed by atoms with van der Waals surface area (Å²) in [6.45, 7) is 3.25. The second-order valence-electron chi connectivity index (χ2n) is 8.03. The van der Waals surface area contributed by atoms with Crippen molar-refractivity contribution in [2.45, 2.75) is 19.9 Å². The Morgan fingerprint density at radius 1 is 1.24 bits per heavy atom. The first-order valence-corrected chi connectivity index (χ1v) is 11.0. The summed E-state index contributed by atoms with van der Waals surface area (Å²) in [5.41, 5.74) is -0.405. The number of quaternary nitrogens is 1. The largest absolute Gasteiger partial charge is 0.766 e. The Kier molecular flexibility index (Phi) is 7.23. The van der Waals surface area contributed by atoms with E-state index in [1.54, 1.807) is 11.5 Å². The van der Waals surface area contributed by atoms with Gasteiger partial charge in [0.1, 0.15) is 0 Å². The molecular weight excluding hydrogens is 399 g/mol. The summed E-state index contributed by atoms with van der Waals surface area (Å²) in [4.78, 5) is 41.2. The summed E-state index contributed by atoms with van der Waals surface area (Å²) in [7, 11) is 4.84. The minimum absolute atomic E-state index is 0.128. The maximum Gasteiger partial charge on any atom is 0.332 e. The van der Waals surface area contributed by atoms with Crippen LogP contribution in [0.5, 0.6) is 0 Å². The van der Waals surface area contributed by atoms with Gasteiger partial charge in [0.15, 0.2) is 11.2 Å². The summed E-state index contributed by atoms with van der Waals surface area (Å²) in [6.07, 6.45) is 2.07. The van der Waals surface area contributed by atoms with E-state index in [9.17, 15) is 19.0 Å². The molecule has 0 saturated heterocycles. The van der Waals surface area contributed by atoms with Gasteiger partial charge in [-0.05, 0) is 0 Å². The third-order valence-electron chi connectivity index (χ3n) is 4.76. The van der Waals surface area contributed by atoms with Crippen molar-refractivity contribution in [1.29, 1.82) is 0 Å². The number of nitrogens with zero attached hydrogens (tertiary/aromatic N) is 6. The molecule has 0 fully saturated rings. The average molecular weight is 430 g/mol. The van der Waals surface area contributed by atoms with Crippen LogP contribution in [0, 0.1) is 0 Å². The molecule has 2 aromatic heterocycles. The van der Waals surface area contributed by atoms with Crippen LogP contribution < -0.4 is 16.1 Å². The molecular formula is C17H31N6O5P. The van der Waals surface area contributed by atoms with Gasteiger partial charge >= 0.3 is 5.69 Å². The van der Waals surface area contributed by atoms with Crippen LogP contribution in [0.15, 0.2) is 15.9 Å². The number of aryl methyl sites for hydroxylation is 1. The van der Waals surface area contributed by atoms with E-state index in [-0.39, 0.29) is 37.4 Å². The molecule has 29 heavy (non-hydrogen) atoms. The van der Waals surface area contributed by atoms with Gasteiger partial charge in [-0.2, -0.15) is 0 Å². The summed E-state index contributed by atoms with van der Waals surface area (Å²) >= 11 is 0. The zero-order valence-corrected chi connectivity index (χ0v) is 18.9. The second kappa shape index (κ2) is 8.93. The fraction of sp³-hybridized carbons (Fsp3) is 0.706. The highest BCUT2D eigenvalue weighted by Crippen LogP contribution is 2.41. The number of hydrogen-bond acceptors (Lipinski definition) is 6. The second-order valence-corrected chi connectivity index (χ2v) is 9.79. The van der Waals surface area contributed by atoms with Crippen LogP contribution in [0.4, 0.5) is 0 Å². The lowest BCUT2D eigenvalue weighted by Crippen LogP contribution is -2.38. The molecule has 0 aliphatic rings. The van der Waals surface area contributed by atoms with Crippen molar-refractivity contribution in [2.24, 2.45) is 14.1 Å². The van der Waals surface area contributed by atoms with E-state index in [4.69, 9.17) is 4.52 Å². The smallest absolute Gasteiger partial charge is 0.332 e. The van der Waals surface area contributed by atoms with Gasteiger partial charge in [-0.15, -0.1) is 0 Å². The molecule has 1 atom stereocenters. The standard InChI is InChI=1S/C17H31N6O5P/c1-7-22(29(26,27)28-12-8-11-23(4,5)6)10-9-21-13-18-15-14(21)16(24)20(3)17(25)19(15)2/h13H,7-12H2,1-6H3. The quantitative estimate of drug-likeness (QED) is 0.279. The summed E-state index contributed by atoms with van der Waals surface area (Å²) in [5, 5.41) is 0. The number of aromatic nitrogens is 4. The molecule has 0 bridgehead atoms.